The number of carbonyl (C=O) groups is 1. The first kappa shape index (κ1) is 15.9. The summed E-state index contributed by atoms with van der Waals surface area (Å²) in [6.45, 7) is 10.8. The molecule has 1 aliphatic rings. The number of nitrogens with one attached hydrogen (secondary N) is 2. The number of allylic oxidation sites excluding steroid dienone is 1. The largest absolute Gasteiger partial charge is 0.350 e. The first-order valence-electron chi connectivity index (χ1n) is 7.53. The maximum atomic E-state index is 10.8. The molecule has 1 fully saturated rings. The van der Waals surface area contributed by atoms with Gasteiger partial charge in [-0.2, -0.15) is 0 Å². The van der Waals surface area contributed by atoms with Gasteiger partial charge in [-0.25, -0.2) is 4.79 Å². The van der Waals surface area contributed by atoms with Crippen molar-refractivity contribution < 1.29 is 4.79 Å². The van der Waals surface area contributed by atoms with Gasteiger partial charge in [-0.1, -0.05) is 46.6 Å². The molecule has 19 heavy (non-hydrogen) atoms. The Morgan fingerprint density at radius 3 is 2.16 bits per heavy atom. The van der Waals surface area contributed by atoms with Crippen LogP contribution in [0.4, 0.5) is 4.79 Å². The summed E-state index contributed by atoms with van der Waals surface area (Å²) in [6.07, 6.45) is 7.33. The van der Waals surface area contributed by atoms with Crippen molar-refractivity contribution in [3.05, 3.63) is 12.3 Å². The van der Waals surface area contributed by atoms with Crippen LogP contribution < -0.4 is 16.6 Å². The third-order valence-electron chi connectivity index (χ3n) is 4.40. The Hall–Kier alpha value is -1.19. The number of nitrogens with two attached hydrogens (primary N) is 1. The van der Waals surface area contributed by atoms with Gasteiger partial charge in [0.2, 0.25) is 0 Å². The van der Waals surface area contributed by atoms with E-state index in [0.717, 1.165) is 5.70 Å². The fourth-order valence-electron chi connectivity index (χ4n) is 3.89. The summed E-state index contributed by atoms with van der Waals surface area (Å²) in [5, 5.41) is 0. The molecule has 0 aromatic rings. The van der Waals surface area contributed by atoms with Gasteiger partial charge in [0.1, 0.15) is 0 Å². The summed E-state index contributed by atoms with van der Waals surface area (Å²) in [4.78, 5) is 10.8. The van der Waals surface area contributed by atoms with Crippen molar-refractivity contribution in [3.8, 4) is 0 Å². The van der Waals surface area contributed by atoms with Crippen molar-refractivity contribution in [1.29, 1.82) is 0 Å². The zero-order valence-corrected chi connectivity index (χ0v) is 12.6. The zero-order valence-electron chi connectivity index (χ0n) is 12.6. The maximum absolute atomic E-state index is 10.8. The van der Waals surface area contributed by atoms with Gasteiger partial charge in [0.05, 0.1) is 0 Å². The molecule has 4 heteroatoms. The summed E-state index contributed by atoms with van der Waals surface area (Å²) in [5.74, 6) is 1.17. The van der Waals surface area contributed by atoms with Crippen molar-refractivity contribution in [2.75, 3.05) is 0 Å². The molecule has 0 aromatic heterocycles. The molecule has 0 saturated heterocycles. The molecule has 0 unspecified atom stereocenters. The van der Waals surface area contributed by atoms with Crippen LogP contribution in [-0.4, -0.2) is 6.03 Å². The third kappa shape index (κ3) is 3.43. The summed E-state index contributed by atoms with van der Waals surface area (Å²) in [5.41, 5.74) is 11.7. The number of amides is 2. The van der Waals surface area contributed by atoms with Crippen molar-refractivity contribution >= 4 is 6.03 Å². The number of hydrogen-bond acceptors (Lipinski definition) is 2. The number of hydrazine groups is 1. The van der Waals surface area contributed by atoms with E-state index in [1.54, 1.807) is 0 Å². The number of primary amides is 1. The lowest BCUT2D eigenvalue weighted by molar-refractivity contribution is 0.245. The molecule has 2 amide bonds. The minimum atomic E-state index is -0.564. The van der Waals surface area contributed by atoms with Gasteiger partial charge >= 0.3 is 6.03 Å². The molecule has 4 N–H and O–H groups in total. The average molecular weight is 267 g/mol. The molecule has 2 atom stereocenters. The summed E-state index contributed by atoms with van der Waals surface area (Å²) in [6, 6.07) is -0.564. The average Bonchev–Trinajstić information content (AvgIpc) is 2.95. The van der Waals surface area contributed by atoms with E-state index in [9.17, 15) is 4.79 Å². The number of urea groups is 1. The van der Waals surface area contributed by atoms with Gasteiger partial charge in [-0.15, -0.1) is 0 Å². The first-order valence-corrected chi connectivity index (χ1v) is 7.53. The lowest BCUT2D eigenvalue weighted by atomic mass is 9.89. The molecule has 1 saturated carbocycles. The van der Waals surface area contributed by atoms with E-state index in [1.165, 1.54) is 38.5 Å². The summed E-state index contributed by atoms with van der Waals surface area (Å²) >= 11 is 0. The zero-order chi connectivity index (χ0) is 14.5. The van der Waals surface area contributed by atoms with Crippen molar-refractivity contribution in [1.82, 2.24) is 10.9 Å². The monoisotopic (exact) mass is 267 g/mol. The number of hydrogen-bond donors (Lipinski definition) is 3. The van der Waals surface area contributed by atoms with Gasteiger partial charge in [0.15, 0.2) is 0 Å². The Kier molecular flexibility index (Phi) is 5.70. The molecular weight excluding hydrogens is 238 g/mol. The molecule has 110 valence electrons. The molecule has 0 spiro atoms. The SMILES string of the molecule is C=C(NNC(N)=O)[C@H]1[C@H](CCC)C1(CCC)CCC. The molecular formula is C15H29N3O. The predicted molar refractivity (Wildman–Crippen MR) is 79.1 cm³/mol. The molecule has 0 radical (unpaired) electrons. The van der Waals surface area contributed by atoms with E-state index >= 15 is 0 Å². The second kappa shape index (κ2) is 6.83. The quantitative estimate of drug-likeness (QED) is 0.561. The molecule has 0 heterocycles. The summed E-state index contributed by atoms with van der Waals surface area (Å²) in [7, 11) is 0. The van der Waals surface area contributed by atoms with Gasteiger partial charge in [0, 0.05) is 11.6 Å². The predicted octanol–water partition coefficient (Wildman–Crippen LogP) is 3.31. The molecule has 0 aliphatic heterocycles. The second-order valence-electron chi connectivity index (χ2n) is 5.75. The molecule has 4 nitrogen and oxygen atoms in total. The fraction of sp³-hybridized carbons (Fsp3) is 0.800. The van der Waals surface area contributed by atoms with Gasteiger partial charge in [-0.05, 0) is 30.6 Å². The van der Waals surface area contributed by atoms with Crippen molar-refractivity contribution in [3.63, 3.8) is 0 Å². The van der Waals surface area contributed by atoms with E-state index in [1.807, 2.05) is 0 Å². The Labute approximate surface area is 117 Å². The number of rotatable bonds is 9. The standard InChI is InChI=1S/C15H29N3O/c1-5-8-12-13(11(4)17-18-14(16)19)15(12,9-6-2)10-7-3/h12-13,17H,4-10H2,1-3H3,(H3,16,18,19)/t12-,13-/m0/s1. The van der Waals surface area contributed by atoms with Gasteiger partial charge in [-0.3, -0.25) is 5.43 Å². The topological polar surface area (TPSA) is 67.2 Å². The highest BCUT2D eigenvalue weighted by Gasteiger charge is 2.62. The molecule has 0 aromatic carbocycles. The van der Waals surface area contributed by atoms with E-state index < -0.39 is 6.03 Å². The molecule has 0 bridgehead atoms. The molecule has 1 aliphatic carbocycles. The highest BCUT2D eigenvalue weighted by molar-refractivity contribution is 5.71. The Morgan fingerprint density at radius 2 is 1.74 bits per heavy atom. The van der Waals surface area contributed by atoms with E-state index in [0.29, 0.717) is 17.3 Å². The minimum Gasteiger partial charge on any atom is -0.350 e. The van der Waals surface area contributed by atoms with Crippen molar-refractivity contribution in [2.45, 2.75) is 59.3 Å². The Balaban J connectivity index is 2.72. The lowest BCUT2D eigenvalue weighted by Gasteiger charge is -2.18. The van der Waals surface area contributed by atoms with Crippen LogP contribution in [0, 0.1) is 17.3 Å². The normalized spacial score (nSPS) is 23.7. The molecule has 1 rings (SSSR count). The maximum Gasteiger partial charge on any atom is 0.330 e. The summed E-state index contributed by atoms with van der Waals surface area (Å²) < 4.78 is 0. The van der Waals surface area contributed by atoms with Gasteiger partial charge < -0.3 is 11.2 Å². The first-order chi connectivity index (χ1) is 9.03. The van der Waals surface area contributed by atoms with Crippen LogP contribution in [0.15, 0.2) is 12.3 Å². The van der Waals surface area contributed by atoms with Crippen LogP contribution in [0.1, 0.15) is 59.3 Å². The van der Waals surface area contributed by atoms with Crippen LogP contribution in [0.25, 0.3) is 0 Å². The minimum absolute atomic E-state index is 0.392. The van der Waals surface area contributed by atoms with Gasteiger partial charge in [0.25, 0.3) is 0 Å². The van der Waals surface area contributed by atoms with Crippen LogP contribution in [-0.2, 0) is 0 Å². The van der Waals surface area contributed by atoms with Crippen LogP contribution in [0.5, 0.6) is 0 Å². The smallest absolute Gasteiger partial charge is 0.330 e. The third-order valence-corrected chi connectivity index (χ3v) is 4.40. The Bertz CT molecular complexity index is 321. The Morgan fingerprint density at radius 1 is 1.16 bits per heavy atom. The second-order valence-corrected chi connectivity index (χ2v) is 5.75. The highest BCUT2D eigenvalue weighted by Crippen LogP contribution is 2.68. The van der Waals surface area contributed by atoms with Crippen LogP contribution in [0.2, 0.25) is 0 Å². The van der Waals surface area contributed by atoms with E-state index in [-0.39, 0.29) is 0 Å². The lowest BCUT2D eigenvalue weighted by Crippen LogP contribution is -2.41. The fourth-order valence-corrected chi connectivity index (χ4v) is 3.89. The van der Waals surface area contributed by atoms with E-state index in [2.05, 4.69) is 38.2 Å². The van der Waals surface area contributed by atoms with Crippen LogP contribution >= 0.6 is 0 Å². The van der Waals surface area contributed by atoms with Crippen molar-refractivity contribution in [2.24, 2.45) is 23.0 Å². The highest BCUT2D eigenvalue weighted by atomic mass is 16.2. The number of carbonyl (C=O) groups excluding carboxylic acids is 1. The van der Waals surface area contributed by atoms with Crippen LogP contribution in [0.3, 0.4) is 0 Å². The van der Waals surface area contributed by atoms with E-state index in [4.69, 9.17) is 5.73 Å².